The van der Waals surface area contributed by atoms with Crippen LogP contribution in [0.5, 0.6) is 0 Å². The molecule has 2 aromatic rings. The normalized spacial score (nSPS) is 22.5. The molecule has 2 saturated heterocycles. The molecule has 9 heteroatoms. The highest BCUT2D eigenvalue weighted by Crippen LogP contribution is 2.18. The van der Waals surface area contributed by atoms with Gasteiger partial charge >= 0.3 is 0 Å². The third kappa shape index (κ3) is 2.24. The van der Waals surface area contributed by atoms with E-state index < -0.39 is 0 Å². The molecular weight excluding hydrogens is 298 g/mol. The molecule has 2 aliphatic heterocycles. The van der Waals surface area contributed by atoms with Gasteiger partial charge in [-0.1, -0.05) is 6.07 Å². The van der Waals surface area contributed by atoms with Crippen LogP contribution in [0.15, 0.2) is 18.2 Å². The van der Waals surface area contributed by atoms with E-state index in [0.29, 0.717) is 31.0 Å². The summed E-state index contributed by atoms with van der Waals surface area (Å²) in [4.78, 5) is 30.8. The Hall–Kier alpha value is -2.55. The van der Waals surface area contributed by atoms with Crippen LogP contribution in [-0.4, -0.2) is 92.4 Å². The zero-order valence-corrected chi connectivity index (χ0v) is 12.8. The molecule has 0 aliphatic carbocycles. The number of rotatable bonds is 1. The summed E-state index contributed by atoms with van der Waals surface area (Å²) >= 11 is 0. The number of carbonyl (C=O) groups is 2. The van der Waals surface area contributed by atoms with Gasteiger partial charge in [-0.05, 0) is 22.6 Å². The maximum absolute atomic E-state index is 12.8. The number of pyridine rings is 1. The molecule has 0 spiro atoms. The SMILES string of the molecule is CN1CCN2CCN(C(=O)c3cccc4nnnn34)CC2C1=O. The Kier molecular flexibility index (Phi) is 3.22. The first-order valence-corrected chi connectivity index (χ1v) is 7.60. The minimum atomic E-state index is -0.250. The van der Waals surface area contributed by atoms with Crippen molar-refractivity contribution in [3.8, 4) is 0 Å². The van der Waals surface area contributed by atoms with Crippen LogP contribution in [-0.2, 0) is 4.79 Å². The predicted molar refractivity (Wildman–Crippen MR) is 79.7 cm³/mol. The second kappa shape index (κ2) is 5.27. The van der Waals surface area contributed by atoms with Crippen molar-refractivity contribution in [3.05, 3.63) is 23.9 Å². The summed E-state index contributed by atoms with van der Waals surface area (Å²) in [6, 6.07) is 4.95. The van der Waals surface area contributed by atoms with E-state index in [4.69, 9.17) is 0 Å². The van der Waals surface area contributed by atoms with Gasteiger partial charge in [-0.25, -0.2) is 0 Å². The average Bonchev–Trinajstić information content (AvgIpc) is 3.06. The lowest BCUT2D eigenvalue weighted by atomic mass is 10.1. The first-order valence-electron chi connectivity index (χ1n) is 7.60. The summed E-state index contributed by atoms with van der Waals surface area (Å²) in [6.45, 7) is 3.32. The highest BCUT2D eigenvalue weighted by atomic mass is 16.2. The van der Waals surface area contributed by atoms with Crippen molar-refractivity contribution in [3.63, 3.8) is 0 Å². The third-order valence-corrected chi connectivity index (χ3v) is 4.60. The molecule has 23 heavy (non-hydrogen) atoms. The first-order chi connectivity index (χ1) is 11.1. The highest BCUT2D eigenvalue weighted by Gasteiger charge is 2.39. The number of hydrogen-bond donors (Lipinski definition) is 0. The van der Waals surface area contributed by atoms with E-state index >= 15 is 0 Å². The van der Waals surface area contributed by atoms with Gasteiger partial charge in [0.05, 0.1) is 0 Å². The number of aromatic nitrogens is 4. The summed E-state index contributed by atoms with van der Waals surface area (Å²) < 4.78 is 1.43. The molecule has 9 nitrogen and oxygen atoms in total. The van der Waals surface area contributed by atoms with E-state index in [1.807, 2.05) is 7.05 Å². The fraction of sp³-hybridized carbons (Fsp3) is 0.500. The van der Waals surface area contributed by atoms with Gasteiger partial charge in [0.25, 0.3) is 5.91 Å². The van der Waals surface area contributed by atoms with Crippen molar-refractivity contribution in [2.75, 3.05) is 39.8 Å². The number of likely N-dealkylation sites (N-methyl/N-ethyl adjacent to an activating group) is 1. The van der Waals surface area contributed by atoms with Crippen molar-refractivity contribution in [1.82, 2.24) is 34.7 Å². The first kappa shape index (κ1) is 14.1. The van der Waals surface area contributed by atoms with Crippen LogP contribution in [0.2, 0.25) is 0 Å². The summed E-state index contributed by atoms with van der Waals surface area (Å²) in [5.41, 5.74) is 0.945. The Morgan fingerprint density at radius 2 is 2.04 bits per heavy atom. The van der Waals surface area contributed by atoms with Gasteiger partial charge in [0, 0.05) is 39.8 Å². The lowest BCUT2D eigenvalue weighted by Crippen LogP contribution is -2.64. The van der Waals surface area contributed by atoms with Crippen LogP contribution in [0.4, 0.5) is 0 Å². The minimum Gasteiger partial charge on any atom is -0.343 e. The van der Waals surface area contributed by atoms with Gasteiger partial charge in [-0.3, -0.25) is 14.5 Å². The van der Waals surface area contributed by atoms with Gasteiger partial charge in [0.1, 0.15) is 11.7 Å². The summed E-state index contributed by atoms with van der Waals surface area (Å²) in [7, 11) is 1.81. The summed E-state index contributed by atoms with van der Waals surface area (Å²) in [6.07, 6.45) is 0. The quantitative estimate of drug-likeness (QED) is 0.652. The maximum atomic E-state index is 12.8. The number of fused-ring (bicyclic) bond motifs is 2. The Bertz CT molecular complexity index is 773. The molecule has 2 amide bonds. The Morgan fingerprint density at radius 3 is 2.91 bits per heavy atom. The largest absolute Gasteiger partial charge is 0.343 e. The number of nitrogens with zero attached hydrogens (tertiary/aromatic N) is 7. The molecule has 0 radical (unpaired) electrons. The monoisotopic (exact) mass is 315 g/mol. The lowest BCUT2D eigenvalue weighted by Gasteiger charge is -2.45. The van der Waals surface area contributed by atoms with Gasteiger partial charge in [-0.2, -0.15) is 4.52 Å². The van der Waals surface area contributed by atoms with Gasteiger partial charge in [0.15, 0.2) is 5.65 Å². The van der Waals surface area contributed by atoms with Crippen LogP contribution < -0.4 is 0 Å². The fourth-order valence-electron chi connectivity index (χ4n) is 3.24. The molecule has 0 saturated carbocycles. The molecule has 1 unspecified atom stereocenters. The molecule has 4 rings (SSSR count). The molecule has 0 N–H and O–H groups in total. The molecule has 0 aromatic carbocycles. The van der Waals surface area contributed by atoms with Crippen molar-refractivity contribution < 1.29 is 9.59 Å². The zero-order chi connectivity index (χ0) is 16.0. The van der Waals surface area contributed by atoms with E-state index in [2.05, 4.69) is 20.4 Å². The standard InChI is InChI=1S/C14H17N7O2/c1-18-5-6-19-7-8-20(9-11(19)13(18)22)14(23)10-3-2-4-12-15-16-17-21(10)12/h2-4,11H,5-9H2,1H3. The Labute approximate surface area is 132 Å². The van der Waals surface area contributed by atoms with Crippen LogP contribution in [0.25, 0.3) is 5.65 Å². The molecule has 2 fully saturated rings. The fourth-order valence-corrected chi connectivity index (χ4v) is 3.24. The minimum absolute atomic E-state index is 0.0781. The van der Waals surface area contributed by atoms with Crippen molar-refractivity contribution in [2.45, 2.75) is 6.04 Å². The van der Waals surface area contributed by atoms with E-state index in [1.165, 1.54) is 4.52 Å². The highest BCUT2D eigenvalue weighted by molar-refractivity contribution is 5.94. The maximum Gasteiger partial charge on any atom is 0.272 e. The zero-order valence-electron chi connectivity index (χ0n) is 12.8. The van der Waals surface area contributed by atoms with E-state index in [9.17, 15) is 9.59 Å². The van der Waals surface area contributed by atoms with E-state index in [0.717, 1.165) is 13.1 Å². The second-order valence-corrected chi connectivity index (χ2v) is 5.92. The van der Waals surface area contributed by atoms with Crippen LogP contribution in [0.1, 0.15) is 10.5 Å². The van der Waals surface area contributed by atoms with E-state index in [1.54, 1.807) is 28.0 Å². The molecule has 2 aromatic heterocycles. The molecule has 0 bridgehead atoms. The summed E-state index contributed by atoms with van der Waals surface area (Å²) in [5.74, 6) is -0.0713. The van der Waals surface area contributed by atoms with Crippen LogP contribution in [0.3, 0.4) is 0 Å². The number of carbonyl (C=O) groups excluding carboxylic acids is 2. The van der Waals surface area contributed by atoms with Gasteiger partial charge in [-0.15, -0.1) is 5.10 Å². The third-order valence-electron chi connectivity index (χ3n) is 4.60. The van der Waals surface area contributed by atoms with Crippen LogP contribution >= 0.6 is 0 Å². The van der Waals surface area contributed by atoms with E-state index in [-0.39, 0.29) is 17.9 Å². The summed E-state index contributed by atoms with van der Waals surface area (Å²) in [5, 5.41) is 11.3. The lowest BCUT2D eigenvalue weighted by molar-refractivity contribution is -0.142. The van der Waals surface area contributed by atoms with Crippen molar-refractivity contribution >= 4 is 17.5 Å². The second-order valence-electron chi connectivity index (χ2n) is 5.92. The molecule has 2 aliphatic rings. The van der Waals surface area contributed by atoms with Crippen LogP contribution in [0, 0.1) is 0 Å². The predicted octanol–water partition coefficient (Wildman–Crippen LogP) is -1.28. The van der Waals surface area contributed by atoms with Crippen molar-refractivity contribution in [2.24, 2.45) is 0 Å². The number of piperazine rings is 2. The topological polar surface area (TPSA) is 86.9 Å². The average molecular weight is 315 g/mol. The molecule has 120 valence electrons. The Balaban J connectivity index is 1.60. The Morgan fingerprint density at radius 1 is 1.22 bits per heavy atom. The number of amides is 2. The van der Waals surface area contributed by atoms with Gasteiger partial charge < -0.3 is 9.80 Å². The number of hydrogen-bond acceptors (Lipinski definition) is 6. The molecule has 4 heterocycles. The number of tetrazole rings is 1. The smallest absolute Gasteiger partial charge is 0.272 e. The molecular formula is C14H17N7O2. The molecule has 1 atom stereocenters. The van der Waals surface area contributed by atoms with Gasteiger partial charge in [0.2, 0.25) is 5.91 Å². The van der Waals surface area contributed by atoms with Crippen molar-refractivity contribution in [1.29, 1.82) is 0 Å².